The van der Waals surface area contributed by atoms with E-state index < -0.39 is 11.3 Å². The van der Waals surface area contributed by atoms with Gasteiger partial charge in [0.15, 0.2) is 0 Å². The molecule has 0 atom stereocenters. The van der Waals surface area contributed by atoms with Crippen molar-refractivity contribution in [3.05, 3.63) is 227 Å². The van der Waals surface area contributed by atoms with Crippen molar-refractivity contribution in [2.45, 2.75) is 0 Å². The molecule has 0 aliphatic rings. The molecule has 62 heavy (non-hydrogen) atoms. The number of rotatable bonds is 8. The first-order valence-electron chi connectivity index (χ1n) is 20.5. The predicted molar refractivity (Wildman–Crippen MR) is 255 cm³/mol. The minimum absolute atomic E-state index is 0.337. The van der Waals surface area contributed by atoms with Crippen LogP contribution in [0, 0.1) is 0 Å². The smallest absolute Gasteiger partial charge is 0.346 e. The summed E-state index contributed by atoms with van der Waals surface area (Å²) in [5.41, 5.74) is 8.45. The van der Waals surface area contributed by atoms with Crippen LogP contribution in [0.5, 0.6) is 0 Å². The van der Waals surface area contributed by atoms with E-state index in [9.17, 15) is 9.59 Å². The van der Waals surface area contributed by atoms with Gasteiger partial charge in [-0.2, -0.15) is 0 Å². The molecule has 0 spiro atoms. The fourth-order valence-corrected chi connectivity index (χ4v) is 8.64. The van der Waals surface area contributed by atoms with Crippen molar-refractivity contribution in [3.8, 4) is 44.5 Å². The van der Waals surface area contributed by atoms with Gasteiger partial charge in [0.05, 0.1) is 22.5 Å². The minimum Gasteiger partial charge on any atom is -0.422 e. The maximum Gasteiger partial charge on any atom is 0.346 e. The summed E-state index contributed by atoms with van der Waals surface area (Å²) in [6, 6.07) is 67.9. The van der Waals surface area contributed by atoms with Crippen molar-refractivity contribution in [2.75, 3.05) is 10.6 Å². The second-order valence-corrected chi connectivity index (χ2v) is 15.3. The summed E-state index contributed by atoms with van der Waals surface area (Å²) < 4.78 is 12.4. The molecule has 294 valence electrons. The first-order chi connectivity index (χ1) is 30.6. The lowest BCUT2D eigenvalue weighted by Crippen LogP contribution is -2.10. The summed E-state index contributed by atoms with van der Waals surface area (Å²) in [6.45, 7) is 0. The fraction of sp³-hybridized carbons (Fsp3) is 0. The molecule has 0 fully saturated rings. The molecule has 2 N–H and O–H groups in total. The number of anilines is 4. The van der Waals surface area contributed by atoms with Crippen molar-refractivity contribution in [3.63, 3.8) is 0 Å². The summed E-state index contributed by atoms with van der Waals surface area (Å²) in [7, 11) is 0. The van der Waals surface area contributed by atoms with Gasteiger partial charge in [-0.1, -0.05) is 152 Å². The molecule has 0 saturated heterocycles. The Bertz CT molecular complexity index is 3380. The molecule has 0 bridgehead atoms. The molecule has 6 heteroatoms. The molecule has 2 heterocycles. The van der Waals surface area contributed by atoms with Crippen molar-refractivity contribution < 1.29 is 8.83 Å². The van der Waals surface area contributed by atoms with Crippen LogP contribution in [-0.2, 0) is 0 Å². The molecule has 6 nitrogen and oxygen atoms in total. The highest BCUT2D eigenvalue weighted by molar-refractivity contribution is 6.06. The van der Waals surface area contributed by atoms with Gasteiger partial charge < -0.3 is 19.5 Å². The zero-order valence-electron chi connectivity index (χ0n) is 33.3. The van der Waals surface area contributed by atoms with Gasteiger partial charge in [0, 0.05) is 22.1 Å². The van der Waals surface area contributed by atoms with Gasteiger partial charge in [-0.05, 0) is 110 Å². The fourth-order valence-electron chi connectivity index (χ4n) is 8.64. The largest absolute Gasteiger partial charge is 0.422 e. The van der Waals surface area contributed by atoms with Crippen molar-refractivity contribution in [1.29, 1.82) is 0 Å². The lowest BCUT2D eigenvalue weighted by molar-refractivity contribution is 0.564. The van der Waals surface area contributed by atoms with Crippen LogP contribution in [-0.4, -0.2) is 0 Å². The van der Waals surface area contributed by atoms with Crippen LogP contribution in [0.1, 0.15) is 0 Å². The van der Waals surface area contributed by atoms with Gasteiger partial charge in [-0.25, -0.2) is 9.59 Å². The van der Waals surface area contributed by atoms with Gasteiger partial charge in [0.25, 0.3) is 0 Å². The van der Waals surface area contributed by atoms with Crippen LogP contribution in [0.3, 0.4) is 0 Å². The van der Waals surface area contributed by atoms with Crippen molar-refractivity contribution in [1.82, 2.24) is 0 Å². The second-order valence-electron chi connectivity index (χ2n) is 15.3. The van der Waals surface area contributed by atoms with Gasteiger partial charge in [-0.15, -0.1) is 0 Å². The van der Waals surface area contributed by atoms with Crippen LogP contribution >= 0.6 is 0 Å². The Morgan fingerprint density at radius 3 is 1.19 bits per heavy atom. The third-order valence-electron chi connectivity index (χ3n) is 11.5. The highest BCUT2D eigenvalue weighted by Crippen LogP contribution is 2.41. The summed E-state index contributed by atoms with van der Waals surface area (Å²) in [5, 5.41) is 13.1. The molecule has 0 radical (unpaired) electrons. The number of para-hydroxylation sites is 2. The standard InChI is InChI=1S/C56H36N2O4/c59-55-51(53(57-41-20-3-1-4-21-41)47-30-28-37(33-49(47)61-55)45-26-12-16-35-14-7-9-24-43(35)45)39-18-11-19-40(32-39)52-54(58-42-22-5-2-6-23-42)48-31-29-38(34-50(48)62-56(52)60)46-27-13-17-36-15-8-10-25-44(36)46/h1-34,57-58H. The van der Waals surface area contributed by atoms with E-state index in [1.165, 1.54) is 0 Å². The van der Waals surface area contributed by atoms with E-state index in [1.54, 1.807) is 0 Å². The van der Waals surface area contributed by atoms with E-state index in [0.717, 1.165) is 65.9 Å². The van der Waals surface area contributed by atoms with E-state index in [4.69, 9.17) is 8.83 Å². The average molecular weight is 801 g/mol. The number of nitrogens with one attached hydrogen (secondary N) is 2. The number of hydrogen-bond acceptors (Lipinski definition) is 6. The van der Waals surface area contributed by atoms with E-state index in [2.05, 4.69) is 71.3 Å². The lowest BCUT2D eigenvalue weighted by atomic mass is 9.94. The Labute approximate surface area is 356 Å². The predicted octanol–water partition coefficient (Wildman–Crippen LogP) is 14.4. The Morgan fingerprint density at radius 2 is 0.726 bits per heavy atom. The molecule has 11 aromatic rings. The van der Waals surface area contributed by atoms with Crippen molar-refractivity contribution >= 4 is 66.2 Å². The zero-order valence-corrected chi connectivity index (χ0v) is 33.3. The van der Waals surface area contributed by atoms with Crippen molar-refractivity contribution in [2.24, 2.45) is 0 Å². The Morgan fingerprint density at radius 1 is 0.323 bits per heavy atom. The van der Waals surface area contributed by atoms with Crippen LogP contribution in [0.2, 0.25) is 0 Å². The highest BCUT2D eigenvalue weighted by atomic mass is 16.4. The second kappa shape index (κ2) is 15.3. The van der Waals surface area contributed by atoms with Crippen LogP contribution < -0.4 is 21.9 Å². The highest BCUT2D eigenvalue weighted by Gasteiger charge is 2.22. The monoisotopic (exact) mass is 800 g/mol. The van der Waals surface area contributed by atoms with Crippen LogP contribution in [0.25, 0.3) is 88.0 Å². The van der Waals surface area contributed by atoms with Crippen LogP contribution in [0.4, 0.5) is 22.7 Å². The third kappa shape index (κ3) is 6.57. The summed E-state index contributed by atoms with van der Waals surface area (Å²) in [5.74, 6) is 0. The Kier molecular flexibility index (Phi) is 9.02. The number of benzene rings is 9. The molecule has 2 aromatic heterocycles. The number of hydrogen-bond donors (Lipinski definition) is 2. The molecule has 0 amide bonds. The maximum atomic E-state index is 14.4. The van der Waals surface area contributed by atoms with Crippen LogP contribution in [0.15, 0.2) is 225 Å². The van der Waals surface area contributed by atoms with Gasteiger partial charge in [0.2, 0.25) is 0 Å². The SMILES string of the molecule is O=c1oc2cc(-c3cccc4ccccc34)ccc2c(Nc2ccccc2)c1-c1cccc(-c2c(Nc3ccccc3)c3ccc(-c4cccc5ccccc45)cc3oc2=O)c1. The Balaban J connectivity index is 1.08. The molecule has 9 aromatic carbocycles. The Hall–Kier alpha value is -8.48. The zero-order chi connectivity index (χ0) is 41.6. The quantitative estimate of drug-likeness (QED) is 0.149. The lowest BCUT2D eigenvalue weighted by Gasteiger charge is -2.17. The molecular formula is C56H36N2O4. The summed E-state index contributed by atoms with van der Waals surface area (Å²) in [6.07, 6.45) is 0. The average Bonchev–Trinajstić information content (AvgIpc) is 3.31. The first-order valence-corrected chi connectivity index (χ1v) is 20.5. The first kappa shape index (κ1) is 36.6. The van der Waals surface area contributed by atoms with Gasteiger partial charge in [-0.3, -0.25) is 0 Å². The van der Waals surface area contributed by atoms with E-state index >= 15 is 0 Å². The van der Waals surface area contributed by atoms with E-state index in [1.807, 2.05) is 146 Å². The van der Waals surface area contributed by atoms with E-state index in [0.29, 0.717) is 44.8 Å². The molecule has 0 aliphatic carbocycles. The molecular weight excluding hydrogens is 765 g/mol. The molecule has 0 saturated carbocycles. The topological polar surface area (TPSA) is 84.5 Å². The molecule has 11 rings (SSSR count). The van der Waals surface area contributed by atoms with Gasteiger partial charge in [0.1, 0.15) is 11.2 Å². The van der Waals surface area contributed by atoms with E-state index in [-0.39, 0.29) is 0 Å². The number of fused-ring (bicyclic) bond motifs is 4. The van der Waals surface area contributed by atoms with Gasteiger partial charge >= 0.3 is 11.3 Å². The summed E-state index contributed by atoms with van der Waals surface area (Å²) >= 11 is 0. The molecule has 0 unspecified atom stereocenters. The minimum atomic E-state index is -0.516. The normalized spacial score (nSPS) is 11.4. The third-order valence-corrected chi connectivity index (χ3v) is 11.5. The maximum absolute atomic E-state index is 14.4. The summed E-state index contributed by atoms with van der Waals surface area (Å²) in [4.78, 5) is 28.9. The molecule has 0 aliphatic heterocycles.